The number of thiophene rings is 1. The second-order valence-corrected chi connectivity index (χ2v) is 12.5. The van der Waals surface area contributed by atoms with E-state index in [0.717, 1.165) is 9.44 Å². The summed E-state index contributed by atoms with van der Waals surface area (Å²) in [5, 5.41) is 10.3. The van der Waals surface area contributed by atoms with Gasteiger partial charge in [-0.1, -0.05) is 32.0 Å². The first-order valence-corrected chi connectivity index (χ1v) is 14.1. The van der Waals surface area contributed by atoms with Crippen molar-refractivity contribution in [3.05, 3.63) is 52.0 Å². The number of alkyl halides is 4. The van der Waals surface area contributed by atoms with Crippen LogP contribution in [0.15, 0.2) is 40.9 Å². The van der Waals surface area contributed by atoms with E-state index < -0.39 is 24.9 Å². The third-order valence-electron chi connectivity index (χ3n) is 7.03. The Kier molecular flexibility index (Phi) is 7.86. The summed E-state index contributed by atoms with van der Waals surface area (Å²) in [5.74, 6) is -0.309. The van der Waals surface area contributed by atoms with E-state index in [-0.39, 0.29) is 41.8 Å². The number of amides is 1. The number of nitrogens with zero attached hydrogens (tertiary/aromatic N) is 4. The van der Waals surface area contributed by atoms with Gasteiger partial charge in [0.1, 0.15) is 12.7 Å². The van der Waals surface area contributed by atoms with Crippen LogP contribution >= 0.6 is 11.3 Å². The third kappa shape index (κ3) is 6.56. The van der Waals surface area contributed by atoms with E-state index in [0.29, 0.717) is 34.4 Å². The Hall–Kier alpha value is -3.45. The number of carbonyl (C=O) groups excluding carboxylic acids is 1. The highest BCUT2D eigenvalue weighted by molar-refractivity contribution is 7.14. The van der Waals surface area contributed by atoms with Crippen molar-refractivity contribution in [3.63, 3.8) is 0 Å². The third-order valence-corrected chi connectivity index (χ3v) is 8.54. The number of likely N-dealkylation sites (tertiary alicyclic amines) is 1. The van der Waals surface area contributed by atoms with E-state index in [1.54, 1.807) is 30.3 Å². The summed E-state index contributed by atoms with van der Waals surface area (Å²) >= 11 is 1.39. The molecule has 0 spiro atoms. The molecule has 41 heavy (non-hydrogen) atoms. The van der Waals surface area contributed by atoms with E-state index >= 15 is 0 Å². The Bertz CT molecular complexity index is 1540. The van der Waals surface area contributed by atoms with Gasteiger partial charge in [0.2, 0.25) is 11.7 Å². The van der Waals surface area contributed by atoms with Gasteiger partial charge in [-0.05, 0) is 49.2 Å². The SMILES string of the molecule is CN1CC[C@@H](Nc2cccc3c2cc(-c2noc(CNC(=O)c4ccc(C(C)(C)C)s4)n2)n3CC(F)(F)F)[C@@H](F)C1. The van der Waals surface area contributed by atoms with Gasteiger partial charge in [-0.25, -0.2) is 4.39 Å². The number of fused-ring (bicyclic) bond motifs is 1. The Morgan fingerprint density at radius 2 is 1.98 bits per heavy atom. The molecular formula is C28H32F4N6O2S. The van der Waals surface area contributed by atoms with E-state index in [4.69, 9.17) is 4.52 Å². The van der Waals surface area contributed by atoms with E-state index in [1.807, 2.05) is 18.0 Å². The fraction of sp³-hybridized carbons (Fsp3) is 0.464. The molecule has 1 fully saturated rings. The highest BCUT2D eigenvalue weighted by Gasteiger charge is 2.32. The number of nitrogens with one attached hydrogen (secondary N) is 2. The first-order valence-electron chi connectivity index (χ1n) is 13.3. The van der Waals surface area contributed by atoms with Crippen LogP contribution < -0.4 is 10.6 Å². The highest BCUT2D eigenvalue weighted by atomic mass is 32.1. The van der Waals surface area contributed by atoms with E-state index in [1.165, 1.54) is 11.3 Å². The zero-order valence-electron chi connectivity index (χ0n) is 23.2. The van der Waals surface area contributed by atoms with Crippen LogP contribution in [-0.2, 0) is 18.5 Å². The van der Waals surface area contributed by atoms with Gasteiger partial charge in [0, 0.05) is 29.0 Å². The van der Waals surface area contributed by atoms with Gasteiger partial charge in [0.25, 0.3) is 5.91 Å². The van der Waals surface area contributed by atoms with E-state index in [2.05, 4.69) is 41.5 Å². The molecule has 8 nitrogen and oxygen atoms in total. The zero-order chi connectivity index (χ0) is 29.5. The number of rotatable bonds is 7. The molecule has 0 radical (unpaired) electrons. The average molecular weight is 593 g/mol. The van der Waals surface area contributed by atoms with Gasteiger partial charge in [0.05, 0.1) is 28.7 Å². The summed E-state index contributed by atoms with van der Waals surface area (Å²) in [7, 11) is 1.85. The van der Waals surface area contributed by atoms with Gasteiger partial charge in [-0.15, -0.1) is 11.3 Å². The standard InChI is InChI=1S/C28H32F4N6O2S/c1-27(2,3)23-9-8-22(41-23)26(39)33-13-24-35-25(36-40-24)21-12-16-18(34-19-10-11-37(4)14-17(19)29)6-5-7-20(16)38(21)15-28(30,31)32/h5-9,12,17,19,34H,10-11,13-15H2,1-4H3,(H,33,39)/t17-,19+/m0/s1. The molecule has 3 aromatic heterocycles. The maximum atomic E-state index is 14.7. The van der Waals surface area contributed by atoms with Gasteiger partial charge < -0.3 is 24.6 Å². The largest absolute Gasteiger partial charge is 0.406 e. The second-order valence-electron chi connectivity index (χ2n) is 11.4. The number of carbonyl (C=O) groups is 1. The molecule has 220 valence electrons. The predicted molar refractivity (Wildman–Crippen MR) is 150 cm³/mol. The fourth-order valence-corrected chi connectivity index (χ4v) is 5.88. The van der Waals surface area contributed by atoms with Crippen LogP contribution in [0.5, 0.6) is 0 Å². The van der Waals surface area contributed by atoms with Gasteiger partial charge in [-0.2, -0.15) is 18.2 Å². The van der Waals surface area contributed by atoms with Crippen molar-refractivity contribution in [2.45, 2.75) is 64.1 Å². The molecule has 0 aliphatic carbocycles. The van der Waals surface area contributed by atoms with Crippen molar-refractivity contribution in [1.82, 2.24) is 24.9 Å². The van der Waals surface area contributed by atoms with Gasteiger partial charge in [-0.3, -0.25) is 4.79 Å². The molecule has 1 aliphatic heterocycles. The van der Waals surface area contributed by atoms with E-state index in [9.17, 15) is 22.4 Å². The van der Waals surface area contributed by atoms with Crippen molar-refractivity contribution in [1.29, 1.82) is 0 Å². The molecular weight excluding hydrogens is 560 g/mol. The summed E-state index contributed by atoms with van der Waals surface area (Å²) in [4.78, 5) is 20.4. The minimum atomic E-state index is -4.52. The zero-order valence-corrected chi connectivity index (χ0v) is 24.0. The molecule has 4 heterocycles. The molecule has 5 rings (SSSR count). The molecule has 2 N–H and O–H groups in total. The maximum Gasteiger partial charge on any atom is 0.406 e. The number of piperidine rings is 1. The lowest BCUT2D eigenvalue weighted by Crippen LogP contribution is -2.46. The Balaban J connectivity index is 1.40. The van der Waals surface area contributed by atoms with Crippen LogP contribution in [0.3, 0.4) is 0 Å². The number of hydrogen-bond acceptors (Lipinski definition) is 7. The smallest absolute Gasteiger partial charge is 0.379 e. The molecule has 13 heteroatoms. The van der Waals surface area contributed by atoms with Crippen molar-refractivity contribution < 1.29 is 26.9 Å². The molecule has 2 atom stereocenters. The molecule has 1 amide bonds. The molecule has 0 bridgehead atoms. The summed E-state index contributed by atoms with van der Waals surface area (Å²) in [5.41, 5.74) is 0.845. The number of anilines is 1. The van der Waals surface area contributed by atoms with Crippen LogP contribution in [-0.4, -0.2) is 64.0 Å². The normalized spacial score (nSPS) is 18.6. The van der Waals surface area contributed by atoms with Gasteiger partial charge >= 0.3 is 6.18 Å². The molecule has 0 unspecified atom stereocenters. The maximum absolute atomic E-state index is 14.7. The van der Waals surface area contributed by atoms with Crippen molar-refractivity contribution in [2.75, 3.05) is 25.5 Å². The Labute approximate surface area is 238 Å². The lowest BCUT2D eigenvalue weighted by Gasteiger charge is -2.33. The molecule has 4 aromatic rings. The molecule has 1 aromatic carbocycles. The number of benzene rings is 1. The van der Waals surface area contributed by atoms with Crippen molar-refractivity contribution in [2.24, 2.45) is 0 Å². The van der Waals surface area contributed by atoms with Crippen molar-refractivity contribution in [3.8, 4) is 11.5 Å². The summed E-state index contributed by atoms with van der Waals surface area (Å²) in [6.45, 7) is 5.80. The van der Waals surface area contributed by atoms with Gasteiger partial charge in [0.15, 0.2) is 0 Å². The average Bonchev–Trinajstić information content (AvgIpc) is 3.63. The van der Waals surface area contributed by atoms with Crippen LogP contribution in [0.2, 0.25) is 0 Å². The van der Waals surface area contributed by atoms with Crippen LogP contribution in [0, 0.1) is 0 Å². The second kappa shape index (κ2) is 11.1. The molecule has 1 saturated heterocycles. The summed E-state index contributed by atoms with van der Waals surface area (Å²) in [6.07, 6.45) is -5.08. The predicted octanol–water partition coefficient (Wildman–Crippen LogP) is 6.00. The number of halogens is 4. The molecule has 0 saturated carbocycles. The Morgan fingerprint density at radius 3 is 2.66 bits per heavy atom. The monoisotopic (exact) mass is 592 g/mol. The van der Waals surface area contributed by atoms with Crippen molar-refractivity contribution >= 4 is 33.8 Å². The number of hydrogen-bond donors (Lipinski definition) is 2. The first-order chi connectivity index (χ1) is 19.3. The first kappa shape index (κ1) is 29.1. The highest BCUT2D eigenvalue weighted by Crippen LogP contribution is 2.35. The van der Waals surface area contributed by atoms with Crippen LogP contribution in [0.1, 0.15) is 47.6 Å². The van der Waals surface area contributed by atoms with Crippen LogP contribution in [0.25, 0.3) is 22.4 Å². The quantitative estimate of drug-likeness (QED) is 0.256. The fourth-order valence-electron chi connectivity index (χ4n) is 4.90. The Morgan fingerprint density at radius 1 is 1.20 bits per heavy atom. The minimum absolute atomic E-state index is 0.0468. The number of aromatic nitrogens is 3. The molecule has 1 aliphatic rings. The minimum Gasteiger partial charge on any atom is -0.379 e. The summed E-state index contributed by atoms with van der Waals surface area (Å²) in [6, 6.07) is 9.68. The lowest BCUT2D eigenvalue weighted by molar-refractivity contribution is -0.139. The van der Waals surface area contributed by atoms with Crippen LogP contribution in [0.4, 0.5) is 23.2 Å². The topological polar surface area (TPSA) is 88.2 Å². The lowest BCUT2D eigenvalue weighted by atomic mass is 9.95. The summed E-state index contributed by atoms with van der Waals surface area (Å²) < 4.78 is 62.1.